The average molecular weight is 340 g/mol. The minimum absolute atomic E-state index is 0.595. The summed E-state index contributed by atoms with van der Waals surface area (Å²) < 4.78 is 11.9. The SMILES string of the molecule is Cc1cccc(OCC2CCC(COc3ccccc3N)CC2)c1N. The molecule has 0 spiro atoms. The Bertz CT molecular complexity index is 694. The largest absolute Gasteiger partial charge is 0.491 e. The van der Waals surface area contributed by atoms with E-state index in [1.807, 2.05) is 49.4 Å². The third kappa shape index (κ3) is 4.59. The summed E-state index contributed by atoms with van der Waals surface area (Å²) >= 11 is 0. The number of para-hydroxylation sites is 3. The van der Waals surface area contributed by atoms with Crippen LogP contribution in [0.1, 0.15) is 31.2 Å². The normalized spacial score (nSPS) is 20.2. The fraction of sp³-hybridized carbons (Fsp3) is 0.429. The van der Waals surface area contributed by atoms with Crippen molar-refractivity contribution in [3.63, 3.8) is 0 Å². The Morgan fingerprint density at radius 1 is 0.800 bits per heavy atom. The van der Waals surface area contributed by atoms with Gasteiger partial charge in [0.05, 0.1) is 24.6 Å². The van der Waals surface area contributed by atoms with E-state index in [2.05, 4.69) is 0 Å². The van der Waals surface area contributed by atoms with Crippen LogP contribution in [-0.2, 0) is 0 Å². The van der Waals surface area contributed by atoms with Crippen molar-refractivity contribution in [1.29, 1.82) is 0 Å². The van der Waals surface area contributed by atoms with Crippen LogP contribution in [0.3, 0.4) is 0 Å². The van der Waals surface area contributed by atoms with Crippen molar-refractivity contribution in [2.24, 2.45) is 11.8 Å². The zero-order valence-electron chi connectivity index (χ0n) is 14.9. The van der Waals surface area contributed by atoms with E-state index < -0.39 is 0 Å². The maximum atomic E-state index is 6.08. The van der Waals surface area contributed by atoms with Gasteiger partial charge in [0, 0.05) is 0 Å². The van der Waals surface area contributed by atoms with Crippen LogP contribution in [0.4, 0.5) is 11.4 Å². The Morgan fingerprint density at radius 2 is 1.36 bits per heavy atom. The number of nitrogens with two attached hydrogens (primary N) is 2. The second kappa shape index (κ2) is 8.15. The highest BCUT2D eigenvalue weighted by atomic mass is 16.5. The van der Waals surface area contributed by atoms with Gasteiger partial charge in [0.1, 0.15) is 11.5 Å². The zero-order valence-corrected chi connectivity index (χ0v) is 14.9. The lowest BCUT2D eigenvalue weighted by atomic mass is 9.83. The van der Waals surface area contributed by atoms with Crippen LogP contribution in [0, 0.1) is 18.8 Å². The highest BCUT2D eigenvalue weighted by Gasteiger charge is 2.22. The fourth-order valence-electron chi connectivity index (χ4n) is 3.37. The molecule has 1 aliphatic rings. The van der Waals surface area contributed by atoms with E-state index in [-0.39, 0.29) is 0 Å². The van der Waals surface area contributed by atoms with Crippen molar-refractivity contribution in [3.8, 4) is 11.5 Å². The molecule has 25 heavy (non-hydrogen) atoms. The second-order valence-electron chi connectivity index (χ2n) is 7.03. The van der Waals surface area contributed by atoms with E-state index >= 15 is 0 Å². The summed E-state index contributed by atoms with van der Waals surface area (Å²) in [5.41, 5.74) is 14.5. The van der Waals surface area contributed by atoms with E-state index in [0.717, 1.165) is 36.0 Å². The maximum absolute atomic E-state index is 6.08. The first-order valence-electron chi connectivity index (χ1n) is 9.08. The molecule has 0 unspecified atom stereocenters. The first-order valence-corrected chi connectivity index (χ1v) is 9.08. The molecule has 2 aromatic rings. The molecule has 0 radical (unpaired) electrons. The van der Waals surface area contributed by atoms with Gasteiger partial charge in [-0.25, -0.2) is 0 Å². The van der Waals surface area contributed by atoms with Crippen molar-refractivity contribution in [1.82, 2.24) is 0 Å². The lowest BCUT2D eigenvalue weighted by molar-refractivity contribution is 0.149. The van der Waals surface area contributed by atoms with Crippen molar-refractivity contribution >= 4 is 11.4 Å². The molecule has 0 saturated heterocycles. The first kappa shape index (κ1) is 17.5. The van der Waals surface area contributed by atoms with Crippen molar-refractivity contribution < 1.29 is 9.47 Å². The van der Waals surface area contributed by atoms with Crippen molar-refractivity contribution in [3.05, 3.63) is 48.0 Å². The number of hydrogen-bond acceptors (Lipinski definition) is 4. The highest BCUT2D eigenvalue weighted by molar-refractivity contribution is 5.57. The van der Waals surface area contributed by atoms with Gasteiger partial charge in [-0.05, 0) is 68.2 Å². The van der Waals surface area contributed by atoms with Gasteiger partial charge in [-0.3, -0.25) is 0 Å². The van der Waals surface area contributed by atoms with E-state index in [1.165, 1.54) is 25.7 Å². The number of anilines is 2. The summed E-state index contributed by atoms with van der Waals surface area (Å²) in [6.45, 7) is 3.49. The number of rotatable bonds is 6. The summed E-state index contributed by atoms with van der Waals surface area (Å²) in [5.74, 6) is 2.80. The topological polar surface area (TPSA) is 70.5 Å². The predicted molar refractivity (Wildman–Crippen MR) is 103 cm³/mol. The molecule has 0 aromatic heterocycles. The van der Waals surface area contributed by atoms with Crippen LogP contribution in [0.2, 0.25) is 0 Å². The van der Waals surface area contributed by atoms with Gasteiger partial charge >= 0.3 is 0 Å². The number of benzene rings is 2. The Labute approximate surface area is 150 Å². The average Bonchev–Trinajstić information content (AvgIpc) is 2.63. The van der Waals surface area contributed by atoms with E-state index in [0.29, 0.717) is 17.5 Å². The predicted octanol–water partition coefficient (Wildman–Crippen LogP) is 4.42. The summed E-state index contributed by atoms with van der Waals surface area (Å²) in [6.07, 6.45) is 4.68. The Morgan fingerprint density at radius 3 is 2.00 bits per heavy atom. The molecule has 0 atom stereocenters. The molecule has 4 nitrogen and oxygen atoms in total. The monoisotopic (exact) mass is 340 g/mol. The molecule has 1 saturated carbocycles. The molecule has 0 bridgehead atoms. The van der Waals surface area contributed by atoms with E-state index in [9.17, 15) is 0 Å². The number of nitrogen functional groups attached to an aromatic ring is 2. The Hall–Kier alpha value is -2.36. The van der Waals surface area contributed by atoms with Gasteiger partial charge in [-0.2, -0.15) is 0 Å². The molecule has 4 N–H and O–H groups in total. The lowest BCUT2D eigenvalue weighted by Crippen LogP contribution is -2.23. The summed E-state index contributed by atoms with van der Waals surface area (Å²) in [7, 11) is 0. The van der Waals surface area contributed by atoms with Gasteiger partial charge in [0.15, 0.2) is 0 Å². The van der Waals surface area contributed by atoms with Gasteiger partial charge in [0.25, 0.3) is 0 Å². The van der Waals surface area contributed by atoms with Gasteiger partial charge in [0.2, 0.25) is 0 Å². The van der Waals surface area contributed by atoms with Crippen LogP contribution in [0.25, 0.3) is 0 Å². The molecule has 1 fully saturated rings. The lowest BCUT2D eigenvalue weighted by Gasteiger charge is -2.28. The van der Waals surface area contributed by atoms with Gasteiger partial charge in [-0.1, -0.05) is 24.3 Å². The first-order chi connectivity index (χ1) is 12.1. The third-order valence-corrected chi connectivity index (χ3v) is 5.12. The molecular formula is C21H28N2O2. The minimum Gasteiger partial charge on any atom is -0.491 e. The molecule has 3 rings (SSSR count). The molecule has 134 valence electrons. The summed E-state index contributed by atoms with van der Waals surface area (Å²) in [6, 6.07) is 13.6. The summed E-state index contributed by atoms with van der Waals surface area (Å²) in [5, 5.41) is 0. The fourth-order valence-corrected chi connectivity index (χ4v) is 3.37. The van der Waals surface area contributed by atoms with Gasteiger partial charge in [-0.15, -0.1) is 0 Å². The molecule has 2 aromatic carbocycles. The number of hydrogen-bond donors (Lipinski definition) is 2. The van der Waals surface area contributed by atoms with Crippen molar-refractivity contribution in [2.45, 2.75) is 32.6 Å². The Kier molecular flexibility index (Phi) is 5.69. The van der Waals surface area contributed by atoms with E-state index in [1.54, 1.807) is 0 Å². The molecular weight excluding hydrogens is 312 g/mol. The maximum Gasteiger partial charge on any atom is 0.142 e. The highest BCUT2D eigenvalue weighted by Crippen LogP contribution is 2.32. The minimum atomic E-state index is 0.595. The Balaban J connectivity index is 1.41. The van der Waals surface area contributed by atoms with Crippen LogP contribution in [-0.4, -0.2) is 13.2 Å². The van der Waals surface area contributed by atoms with Crippen LogP contribution >= 0.6 is 0 Å². The molecule has 0 amide bonds. The molecule has 1 aliphatic carbocycles. The quantitative estimate of drug-likeness (QED) is 0.764. The van der Waals surface area contributed by atoms with Crippen LogP contribution < -0.4 is 20.9 Å². The van der Waals surface area contributed by atoms with E-state index in [4.69, 9.17) is 20.9 Å². The number of aryl methyl sites for hydroxylation is 1. The van der Waals surface area contributed by atoms with Gasteiger partial charge < -0.3 is 20.9 Å². The zero-order chi connectivity index (χ0) is 17.6. The smallest absolute Gasteiger partial charge is 0.142 e. The van der Waals surface area contributed by atoms with Crippen LogP contribution in [0.15, 0.2) is 42.5 Å². The molecule has 0 heterocycles. The molecule has 0 aliphatic heterocycles. The third-order valence-electron chi connectivity index (χ3n) is 5.12. The van der Waals surface area contributed by atoms with Crippen molar-refractivity contribution in [2.75, 3.05) is 24.7 Å². The number of ether oxygens (including phenoxy) is 2. The summed E-state index contributed by atoms with van der Waals surface area (Å²) in [4.78, 5) is 0. The standard InChI is InChI=1S/C21H28N2O2/c1-15-5-4-8-20(21(15)23)25-14-17-11-9-16(10-12-17)13-24-19-7-3-2-6-18(19)22/h2-8,16-17H,9-14,22-23H2,1H3. The van der Waals surface area contributed by atoms with Crippen LogP contribution in [0.5, 0.6) is 11.5 Å². The molecule has 4 heteroatoms. The second-order valence-corrected chi connectivity index (χ2v) is 7.03.